The molecule has 2 aromatic rings. The van der Waals surface area contributed by atoms with E-state index in [0.717, 1.165) is 17.7 Å². The summed E-state index contributed by atoms with van der Waals surface area (Å²) in [6.07, 6.45) is -0.512. The minimum Gasteiger partial charge on any atom is -0.482 e. The SMILES string of the molecule is COC(=O)COc1ccc(C(C)CNCC(O)c2ccccc2)cc1. The summed E-state index contributed by atoms with van der Waals surface area (Å²) in [4.78, 5) is 11.1. The molecule has 0 bridgehead atoms. The van der Waals surface area contributed by atoms with E-state index < -0.39 is 12.1 Å². The van der Waals surface area contributed by atoms with Gasteiger partial charge >= 0.3 is 5.97 Å². The zero-order valence-electron chi connectivity index (χ0n) is 14.6. The molecule has 0 spiro atoms. The predicted octanol–water partition coefficient (Wildman–Crippen LogP) is 2.67. The lowest BCUT2D eigenvalue weighted by atomic mass is 10.0. The third-order valence-electron chi connectivity index (χ3n) is 4.01. The number of esters is 1. The third-order valence-corrected chi connectivity index (χ3v) is 4.01. The molecule has 5 heteroatoms. The van der Waals surface area contributed by atoms with E-state index in [9.17, 15) is 9.90 Å². The second kappa shape index (κ2) is 9.81. The monoisotopic (exact) mass is 343 g/mol. The van der Waals surface area contributed by atoms with Gasteiger partial charge in [-0.25, -0.2) is 4.79 Å². The van der Waals surface area contributed by atoms with Crippen LogP contribution in [0, 0.1) is 0 Å². The summed E-state index contributed by atoms with van der Waals surface area (Å²) in [7, 11) is 1.33. The average Bonchev–Trinajstić information content (AvgIpc) is 2.66. The van der Waals surface area contributed by atoms with Gasteiger partial charge in [-0.15, -0.1) is 0 Å². The van der Waals surface area contributed by atoms with Gasteiger partial charge in [0.15, 0.2) is 6.61 Å². The van der Waals surface area contributed by atoms with E-state index in [-0.39, 0.29) is 12.5 Å². The molecule has 2 rings (SSSR count). The number of methoxy groups -OCH3 is 1. The molecular formula is C20H25NO4. The fraction of sp³-hybridized carbons (Fsp3) is 0.350. The van der Waals surface area contributed by atoms with E-state index >= 15 is 0 Å². The topological polar surface area (TPSA) is 67.8 Å². The summed E-state index contributed by atoms with van der Waals surface area (Å²) in [6.45, 7) is 3.29. The van der Waals surface area contributed by atoms with Crippen molar-refractivity contribution < 1.29 is 19.4 Å². The first-order valence-corrected chi connectivity index (χ1v) is 8.33. The Morgan fingerprint density at radius 2 is 1.72 bits per heavy atom. The molecule has 0 heterocycles. The van der Waals surface area contributed by atoms with Gasteiger partial charge in [0.05, 0.1) is 13.2 Å². The van der Waals surface area contributed by atoms with Gasteiger partial charge in [0.2, 0.25) is 0 Å². The number of hydrogen-bond donors (Lipinski definition) is 2. The van der Waals surface area contributed by atoms with E-state index in [1.807, 2.05) is 54.6 Å². The van der Waals surface area contributed by atoms with E-state index in [4.69, 9.17) is 4.74 Å². The maximum absolute atomic E-state index is 11.1. The van der Waals surface area contributed by atoms with Crippen LogP contribution in [0.5, 0.6) is 5.75 Å². The van der Waals surface area contributed by atoms with Crippen molar-refractivity contribution in [3.63, 3.8) is 0 Å². The highest BCUT2D eigenvalue weighted by atomic mass is 16.6. The Balaban J connectivity index is 1.76. The van der Waals surface area contributed by atoms with Crippen LogP contribution in [0.15, 0.2) is 54.6 Å². The molecule has 0 aliphatic carbocycles. The van der Waals surface area contributed by atoms with Crippen molar-refractivity contribution >= 4 is 5.97 Å². The van der Waals surface area contributed by atoms with E-state index in [1.165, 1.54) is 7.11 Å². The Morgan fingerprint density at radius 1 is 1.04 bits per heavy atom. The molecule has 0 fully saturated rings. The van der Waals surface area contributed by atoms with Gasteiger partial charge in [-0.1, -0.05) is 49.4 Å². The van der Waals surface area contributed by atoms with E-state index in [0.29, 0.717) is 12.3 Å². The normalized spacial score (nSPS) is 13.1. The minimum absolute atomic E-state index is 0.0929. The van der Waals surface area contributed by atoms with E-state index in [1.54, 1.807) is 0 Å². The maximum atomic E-state index is 11.1. The zero-order valence-corrected chi connectivity index (χ0v) is 14.6. The fourth-order valence-electron chi connectivity index (χ4n) is 2.44. The molecule has 0 aliphatic heterocycles. The largest absolute Gasteiger partial charge is 0.482 e. The molecule has 2 N–H and O–H groups in total. The molecule has 0 amide bonds. The summed E-state index contributed by atoms with van der Waals surface area (Å²) in [6, 6.07) is 17.3. The summed E-state index contributed by atoms with van der Waals surface area (Å²) in [5, 5.41) is 13.4. The lowest BCUT2D eigenvalue weighted by Gasteiger charge is -2.16. The van der Waals surface area contributed by atoms with Crippen LogP contribution < -0.4 is 10.1 Å². The summed E-state index contributed by atoms with van der Waals surface area (Å²) < 4.78 is 9.87. The van der Waals surface area contributed by atoms with Crippen LogP contribution in [-0.4, -0.2) is 37.9 Å². The van der Waals surface area contributed by atoms with Crippen LogP contribution in [0.25, 0.3) is 0 Å². The number of aliphatic hydroxyl groups is 1. The van der Waals surface area contributed by atoms with Gasteiger partial charge in [0, 0.05) is 13.1 Å². The quantitative estimate of drug-likeness (QED) is 0.685. The first-order chi connectivity index (χ1) is 12.1. The third kappa shape index (κ3) is 6.21. The van der Waals surface area contributed by atoms with Gasteiger partial charge < -0.3 is 19.9 Å². The Labute approximate surface area is 148 Å². The average molecular weight is 343 g/mol. The van der Waals surface area contributed by atoms with Gasteiger partial charge in [0.1, 0.15) is 5.75 Å². The van der Waals surface area contributed by atoms with Crippen LogP contribution in [0.4, 0.5) is 0 Å². The highest BCUT2D eigenvalue weighted by Crippen LogP contribution is 2.19. The lowest BCUT2D eigenvalue weighted by Crippen LogP contribution is -2.25. The van der Waals surface area contributed by atoms with Crippen molar-refractivity contribution in [3.05, 3.63) is 65.7 Å². The van der Waals surface area contributed by atoms with Crippen molar-refractivity contribution in [2.45, 2.75) is 18.9 Å². The number of rotatable bonds is 9. The number of carbonyl (C=O) groups is 1. The lowest BCUT2D eigenvalue weighted by molar-refractivity contribution is -0.142. The molecule has 134 valence electrons. The molecule has 5 nitrogen and oxygen atoms in total. The smallest absolute Gasteiger partial charge is 0.343 e. The molecule has 0 saturated carbocycles. The van der Waals surface area contributed by atoms with Crippen molar-refractivity contribution in [2.75, 3.05) is 26.8 Å². The standard InChI is InChI=1S/C20H25NO4/c1-15(12-21-13-19(22)17-6-4-3-5-7-17)16-8-10-18(11-9-16)25-14-20(23)24-2/h3-11,15,19,21-22H,12-14H2,1-2H3. The van der Waals surface area contributed by atoms with Gasteiger partial charge in [0.25, 0.3) is 0 Å². The highest BCUT2D eigenvalue weighted by Gasteiger charge is 2.09. The molecule has 2 atom stereocenters. The number of nitrogens with one attached hydrogen (secondary N) is 1. The minimum atomic E-state index is -0.512. The summed E-state index contributed by atoms with van der Waals surface area (Å²) in [5.41, 5.74) is 2.07. The Kier molecular flexibility index (Phi) is 7.44. The van der Waals surface area contributed by atoms with Gasteiger partial charge in [-0.2, -0.15) is 0 Å². The van der Waals surface area contributed by atoms with Crippen molar-refractivity contribution in [1.29, 1.82) is 0 Å². The Hall–Kier alpha value is -2.37. The number of hydrogen-bond acceptors (Lipinski definition) is 5. The molecule has 2 unspecified atom stereocenters. The molecule has 0 aromatic heterocycles. The highest BCUT2D eigenvalue weighted by molar-refractivity contribution is 5.70. The first-order valence-electron chi connectivity index (χ1n) is 8.33. The van der Waals surface area contributed by atoms with Crippen molar-refractivity contribution in [1.82, 2.24) is 5.32 Å². The molecule has 0 saturated heterocycles. The van der Waals surface area contributed by atoms with Crippen LogP contribution >= 0.6 is 0 Å². The van der Waals surface area contributed by atoms with Crippen LogP contribution in [0.2, 0.25) is 0 Å². The van der Waals surface area contributed by atoms with Gasteiger partial charge in [-0.05, 0) is 29.2 Å². The van der Waals surface area contributed by atoms with Crippen LogP contribution in [0.1, 0.15) is 30.1 Å². The second-order valence-corrected chi connectivity index (χ2v) is 5.92. The Bertz CT molecular complexity index is 643. The summed E-state index contributed by atoms with van der Waals surface area (Å²) in [5.74, 6) is 0.519. The number of ether oxygens (including phenoxy) is 2. The zero-order chi connectivity index (χ0) is 18.1. The molecule has 2 aromatic carbocycles. The molecule has 0 radical (unpaired) electrons. The second-order valence-electron chi connectivity index (χ2n) is 5.92. The van der Waals surface area contributed by atoms with Gasteiger partial charge in [-0.3, -0.25) is 0 Å². The molecule has 0 aliphatic rings. The maximum Gasteiger partial charge on any atom is 0.343 e. The molecular weight excluding hydrogens is 318 g/mol. The predicted molar refractivity (Wildman–Crippen MR) is 96.6 cm³/mol. The first kappa shape index (κ1) is 19.0. The number of benzene rings is 2. The molecule has 25 heavy (non-hydrogen) atoms. The Morgan fingerprint density at radius 3 is 2.36 bits per heavy atom. The number of carbonyl (C=O) groups excluding carboxylic acids is 1. The van der Waals surface area contributed by atoms with Crippen LogP contribution in [-0.2, 0) is 9.53 Å². The number of aliphatic hydroxyl groups excluding tert-OH is 1. The van der Waals surface area contributed by atoms with E-state index in [2.05, 4.69) is 17.0 Å². The van der Waals surface area contributed by atoms with Crippen molar-refractivity contribution in [3.8, 4) is 5.75 Å². The van der Waals surface area contributed by atoms with Crippen LogP contribution in [0.3, 0.4) is 0 Å². The fourth-order valence-corrected chi connectivity index (χ4v) is 2.44. The van der Waals surface area contributed by atoms with Crippen molar-refractivity contribution in [2.24, 2.45) is 0 Å². The summed E-state index contributed by atoms with van der Waals surface area (Å²) >= 11 is 0.